The van der Waals surface area contributed by atoms with Gasteiger partial charge in [0.1, 0.15) is 0 Å². The second-order valence-corrected chi connectivity index (χ2v) is 6.61. The summed E-state index contributed by atoms with van der Waals surface area (Å²) in [5.41, 5.74) is 3.81. The first-order chi connectivity index (χ1) is 11.7. The Kier molecular flexibility index (Phi) is 3.81. The molecule has 0 aliphatic heterocycles. The molecule has 0 unspecified atom stereocenters. The predicted octanol–water partition coefficient (Wildman–Crippen LogP) is 5.13. The quantitative estimate of drug-likeness (QED) is 0.727. The summed E-state index contributed by atoms with van der Waals surface area (Å²) in [7, 11) is 0. The Morgan fingerprint density at radius 1 is 0.958 bits per heavy atom. The van der Waals surface area contributed by atoms with Gasteiger partial charge in [-0.05, 0) is 46.2 Å². The maximum Gasteiger partial charge on any atom is 0.303 e. The molecule has 0 bridgehead atoms. The number of hydrogen-bond donors (Lipinski definition) is 1. The molecule has 2 heteroatoms. The Morgan fingerprint density at radius 3 is 2.50 bits per heavy atom. The molecule has 1 aliphatic carbocycles. The molecule has 1 N–H and O–H groups in total. The van der Waals surface area contributed by atoms with Crippen LogP contribution in [0.25, 0.3) is 10.8 Å². The molecule has 3 aromatic carbocycles. The van der Waals surface area contributed by atoms with E-state index in [1.165, 1.54) is 27.5 Å². The number of aryl methyl sites for hydroxylation is 1. The van der Waals surface area contributed by atoms with E-state index in [0.29, 0.717) is 0 Å². The van der Waals surface area contributed by atoms with E-state index in [4.69, 9.17) is 0 Å². The maximum absolute atomic E-state index is 11.5. The van der Waals surface area contributed by atoms with Crippen molar-refractivity contribution in [2.24, 2.45) is 0 Å². The molecule has 0 spiro atoms. The number of carboxylic acid groups (broad SMARTS) is 1. The van der Waals surface area contributed by atoms with Gasteiger partial charge in [0.15, 0.2) is 0 Å². The third kappa shape index (κ3) is 2.58. The normalized spacial score (nSPS) is 19.8. The van der Waals surface area contributed by atoms with Gasteiger partial charge >= 0.3 is 5.97 Å². The van der Waals surface area contributed by atoms with Crippen LogP contribution in [0.3, 0.4) is 0 Å². The van der Waals surface area contributed by atoms with Crippen LogP contribution in [0, 0.1) is 0 Å². The zero-order valence-corrected chi connectivity index (χ0v) is 13.5. The average Bonchev–Trinajstić information content (AvgIpc) is 2.62. The number of aliphatic carboxylic acids is 1. The fourth-order valence-corrected chi connectivity index (χ4v) is 4.24. The fraction of sp³-hybridized carbons (Fsp3) is 0.227. The number of fused-ring (bicyclic) bond motifs is 3. The molecular weight excluding hydrogens is 296 g/mol. The summed E-state index contributed by atoms with van der Waals surface area (Å²) in [6, 6.07) is 23.1. The van der Waals surface area contributed by atoms with Crippen LogP contribution in [-0.4, -0.2) is 11.1 Å². The van der Waals surface area contributed by atoms with E-state index in [2.05, 4.69) is 48.5 Å². The standard InChI is InChI=1S/C22H20O2/c23-22(24)14-21-18(15-6-2-1-3-7-15)12-13-19-17-9-5-4-8-16(17)10-11-20(19)21/h1-11,18,21H,12-14H2,(H,23,24)/t18-,21+/m0/s1. The van der Waals surface area contributed by atoms with Gasteiger partial charge in [-0.25, -0.2) is 0 Å². The van der Waals surface area contributed by atoms with Crippen molar-refractivity contribution in [1.29, 1.82) is 0 Å². The summed E-state index contributed by atoms with van der Waals surface area (Å²) in [6.07, 6.45) is 2.19. The lowest BCUT2D eigenvalue weighted by Crippen LogP contribution is -2.22. The molecule has 4 rings (SSSR count). The minimum atomic E-state index is -0.720. The van der Waals surface area contributed by atoms with E-state index in [9.17, 15) is 9.90 Å². The van der Waals surface area contributed by atoms with Crippen molar-refractivity contribution in [1.82, 2.24) is 0 Å². The van der Waals surface area contributed by atoms with Crippen molar-refractivity contribution in [2.45, 2.75) is 31.1 Å². The summed E-state index contributed by atoms with van der Waals surface area (Å²) in [6.45, 7) is 0. The summed E-state index contributed by atoms with van der Waals surface area (Å²) < 4.78 is 0. The number of hydrogen-bond acceptors (Lipinski definition) is 1. The van der Waals surface area contributed by atoms with E-state index in [1.54, 1.807) is 0 Å². The molecule has 0 saturated heterocycles. The van der Waals surface area contributed by atoms with Gasteiger partial charge in [0.05, 0.1) is 6.42 Å². The molecule has 0 saturated carbocycles. The molecular formula is C22H20O2. The van der Waals surface area contributed by atoms with Crippen molar-refractivity contribution < 1.29 is 9.90 Å². The van der Waals surface area contributed by atoms with Gasteiger partial charge in [0.2, 0.25) is 0 Å². The molecule has 2 atom stereocenters. The largest absolute Gasteiger partial charge is 0.481 e. The van der Waals surface area contributed by atoms with Crippen LogP contribution in [0.1, 0.15) is 41.4 Å². The molecule has 0 radical (unpaired) electrons. The Bertz CT molecular complexity index is 883. The number of benzene rings is 3. The fourth-order valence-electron chi connectivity index (χ4n) is 4.24. The Balaban J connectivity index is 1.85. The van der Waals surface area contributed by atoms with Crippen molar-refractivity contribution in [2.75, 3.05) is 0 Å². The highest BCUT2D eigenvalue weighted by molar-refractivity contribution is 5.87. The highest BCUT2D eigenvalue weighted by Crippen LogP contribution is 2.46. The molecule has 0 fully saturated rings. The summed E-state index contributed by atoms with van der Waals surface area (Å²) >= 11 is 0. The van der Waals surface area contributed by atoms with Gasteiger partial charge in [-0.3, -0.25) is 4.79 Å². The summed E-state index contributed by atoms with van der Waals surface area (Å²) in [5.74, 6) is -0.406. The number of rotatable bonds is 3. The first-order valence-corrected chi connectivity index (χ1v) is 8.51. The van der Waals surface area contributed by atoms with Crippen molar-refractivity contribution in [3.05, 3.63) is 83.4 Å². The Hall–Kier alpha value is -2.61. The van der Waals surface area contributed by atoms with Crippen LogP contribution in [0.4, 0.5) is 0 Å². The van der Waals surface area contributed by atoms with E-state index in [-0.39, 0.29) is 18.3 Å². The lowest BCUT2D eigenvalue weighted by atomic mass is 9.70. The average molecular weight is 316 g/mol. The molecule has 0 heterocycles. The van der Waals surface area contributed by atoms with E-state index in [0.717, 1.165) is 12.8 Å². The first kappa shape index (κ1) is 14.9. The maximum atomic E-state index is 11.5. The van der Waals surface area contributed by atoms with E-state index in [1.807, 2.05) is 18.2 Å². The van der Waals surface area contributed by atoms with Gasteiger partial charge in [0, 0.05) is 5.92 Å². The molecule has 0 amide bonds. The lowest BCUT2D eigenvalue weighted by molar-refractivity contribution is -0.137. The smallest absolute Gasteiger partial charge is 0.303 e. The number of carbonyl (C=O) groups is 1. The van der Waals surface area contributed by atoms with Crippen LogP contribution in [-0.2, 0) is 11.2 Å². The van der Waals surface area contributed by atoms with Crippen LogP contribution in [0.15, 0.2) is 66.7 Å². The second kappa shape index (κ2) is 6.12. The Morgan fingerprint density at radius 2 is 1.71 bits per heavy atom. The van der Waals surface area contributed by atoms with Crippen LogP contribution < -0.4 is 0 Å². The molecule has 0 aromatic heterocycles. The van der Waals surface area contributed by atoms with Gasteiger partial charge in [0.25, 0.3) is 0 Å². The van der Waals surface area contributed by atoms with Gasteiger partial charge in [-0.2, -0.15) is 0 Å². The monoisotopic (exact) mass is 316 g/mol. The van der Waals surface area contributed by atoms with Crippen LogP contribution in [0.2, 0.25) is 0 Å². The lowest BCUT2D eigenvalue weighted by Gasteiger charge is -2.34. The summed E-state index contributed by atoms with van der Waals surface area (Å²) in [4.78, 5) is 11.5. The third-order valence-electron chi connectivity index (χ3n) is 5.29. The molecule has 2 nitrogen and oxygen atoms in total. The SMILES string of the molecule is O=C(O)C[C@H]1c2ccc3ccccc3c2CC[C@H]1c1ccccc1. The number of carboxylic acids is 1. The first-order valence-electron chi connectivity index (χ1n) is 8.51. The van der Waals surface area contributed by atoms with Gasteiger partial charge in [-0.15, -0.1) is 0 Å². The zero-order chi connectivity index (χ0) is 16.5. The molecule has 1 aliphatic rings. The second-order valence-electron chi connectivity index (χ2n) is 6.61. The topological polar surface area (TPSA) is 37.3 Å². The minimum absolute atomic E-state index is 0.0401. The van der Waals surface area contributed by atoms with Crippen LogP contribution >= 0.6 is 0 Å². The van der Waals surface area contributed by atoms with Crippen LogP contribution in [0.5, 0.6) is 0 Å². The predicted molar refractivity (Wildman–Crippen MR) is 96.4 cm³/mol. The van der Waals surface area contributed by atoms with Gasteiger partial charge in [-0.1, -0.05) is 66.7 Å². The van der Waals surface area contributed by atoms with Crippen molar-refractivity contribution in [3.8, 4) is 0 Å². The third-order valence-corrected chi connectivity index (χ3v) is 5.29. The zero-order valence-electron chi connectivity index (χ0n) is 13.5. The highest BCUT2D eigenvalue weighted by atomic mass is 16.4. The Labute approximate surface area is 141 Å². The molecule has 3 aromatic rings. The highest BCUT2D eigenvalue weighted by Gasteiger charge is 2.32. The molecule has 24 heavy (non-hydrogen) atoms. The van der Waals surface area contributed by atoms with Crippen molar-refractivity contribution >= 4 is 16.7 Å². The van der Waals surface area contributed by atoms with E-state index >= 15 is 0 Å². The van der Waals surface area contributed by atoms with Crippen molar-refractivity contribution in [3.63, 3.8) is 0 Å². The van der Waals surface area contributed by atoms with E-state index < -0.39 is 5.97 Å². The summed E-state index contributed by atoms with van der Waals surface area (Å²) in [5, 5.41) is 12.0. The van der Waals surface area contributed by atoms with Gasteiger partial charge < -0.3 is 5.11 Å². The molecule has 120 valence electrons. The minimum Gasteiger partial charge on any atom is -0.481 e.